The molecule has 0 radical (unpaired) electrons. The number of fused-ring (bicyclic) bond motifs is 1. The fourth-order valence-electron chi connectivity index (χ4n) is 4.11. The van der Waals surface area contributed by atoms with E-state index in [1.165, 1.54) is 6.92 Å². The van der Waals surface area contributed by atoms with E-state index in [1.807, 2.05) is 0 Å². The van der Waals surface area contributed by atoms with Crippen molar-refractivity contribution in [2.75, 3.05) is 17.8 Å². The van der Waals surface area contributed by atoms with Crippen LogP contribution in [0.5, 0.6) is 0 Å². The number of hydrogen-bond donors (Lipinski definition) is 6. The number of aromatic nitrogens is 4. The lowest BCUT2D eigenvalue weighted by Gasteiger charge is -2.40. The van der Waals surface area contributed by atoms with Crippen LogP contribution in [0.2, 0.25) is 5.28 Å². The summed E-state index contributed by atoms with van der Waals surface area (Å²) < 4.78 is 114. The number of ether oxygens (including phenoxy) is 1. The Morgan fingerprint density at radius 3 is 2.37 bits per heavy atom. The maximum atomic E-state index is 14.5. The van der Waals surface area contributed by atoms with Gasteiger partial charge in [0.05, 0.1) is 24.2 Å². The van der Waals surface area contributed by atoms with Crippen LogP contribution >= 0.6 is 37.0 Å². The monoisotopic (exact) mass is 707 g/mol. The van der Waals surface area contributed by atoms with Gasteiger partial charge in [-0.05, 0) is 30.7 Å². The quantitative estimate of drug-likeness (QED) is 0.0982. The Hall–Kier alpha value is -2.03. The lowest BCUT2D eigenvalue weighted by atomic mass is 10.1. The summed E-state index contributed by atoms with van der Waals surface area (Å²) in [5.41, 5.74) is -0.597. The predicted molar refractivity (Wildman–Crippen MR) is 139 cm³/mol. The molecular weight excluding hydrogens is 686 g/mol. The Morgan fingerprint density at radius 1 is 1.14 bits per heavy atom. The van der Waals surface area contributed by atoms with Gasteiger partial charge in [0.15, 0.2) is 17.8 Å². The molecule has 1 saturated heterocycles. The summed E-state index contributed by atoms with van der Waals surface area (Å²) in [5.74, 6) is -3.25. The van der Waals surface area contributed by atoms with Crippen molar-refractivity contribution in [3.05, 3.63) is 41.1 Å². The molecule has 4 rings (SSSR count). The molecule has 3 heterocycles. The van der Waals surface area contributed by atoms with Gasteiger partial charge in [0.1, 0.15) is 34.8 Å². The van der Waals surface area contributed by atoms with Crippen molar-refractivity contribution in [3.63, 3.8) is 0 Å². The number of aliphatic hydroxyl groups is 2. The van der Waals surface area contributed by atoms with E-state index in [-0.39, 0.29) is 29.0 Å². The van der Waals surface area contributed by atoms with Gasteiger partial charge >= 0.3 is 25.4 Å². The lowest BCUT2D eigenvalue weighted by molar-refractivity contribution is -0.0541. The molecule has 14 nitrogen and oxygen atoms in total. The minimum absolute atomic E-state index is 0.0341. The zero-order valence-electron chi connectivity index (χ0n) is 21.2. The number of anilines is 1. The molecule has 1 fully saturated rings. The molecule has 0 bridgehead atoms. The molecule has 0 saturated carbocycles. The van der Waals surface area contributed by atoms with Crippen LogP contribution in [0, 0.1) is 5.82 Å². The smallest absolute Gasteiger partial charge is 0.340 e. The number of hydrogen-bond acceptors (Lipinski definition) is 10. The zero-order chi connectivity index (χ0) is 32.4. The van der Waals surface area contributed by atoms with Gasteiger partial charge in [0.25, 0.3) is 0 Å². The SMILES string of the molecule is C[C@@H](Nc1nc(Cl)nc2c1cnn2[C@@H]1O[C@H](COP(=O)(O)CP(=O)(O)O)[C@@H](O)[C@H]1O)c1ccc(S(F)(F)(F)(F)F)cc1F. The number of benzene rings is 1. The van der Waals surface area contributed by atoms with Gasteiger partial charge < -0.3 is 39.5 Å². The topological polar surface area (TPSA) is 209 Å². The summed E-state index contributed by atoms with van der Waals surface area (Å²) in [6.45, 7) is 0.398. The van der Waals surface area contributed by atoms with E-state index >= 15 is 0 Å². The van der Waals surface area contributed by atoms with E-state index in [0.717, 1.165) is 10.9 Å². The highest BCUT2D eigenvalue weighted by Crippen LogP contribution is 3.02. The van der Waals surface area contributed by atoms with Gasteiger partial charge in [-0.1, -0.05) is 25.5 Å². The summed E-state index contributed by atoms with van der Waals surface area (Å²) in [6, 6.07) is -0.919. The second-order valence-electron chi connectivity index (χ2n) is 9.47. The molecule has 6 atom stereocenters. The van der Waals surface area contributed by atoms with Crippen LogP contribution in [-0.2, 0) is 18.4 Å². The van der Waals surface area contributed by atoms with Crippen molar-refractivity contribution in [1.29, 1.82) is 0 Å². The minimum atomic E-state index is -10.1. The van der Waals surface area contributed by atoms with Crippen molar-refractivity contribution in [2.24, 2.45) is 0 Å². The Bertz CT molecular complexity index is 1670. The summed E-state index contributed by atoms with van der Waals surface area (Å²) >= 11 is 5.99. The van der Waals surface area contributed by atoms with Crippen molar-refractivity contribution in [2.45, 2.75) is 42.4 Å². The zero-order valence-corrected chi connectivity index (χ0v) is 24.6. The minimum Gasteiger partial charge on any atom is -0.387 e. The summed E-state index contributed by atoms with van der Waals surface area (Å²) in [6.07, 6.45) is -5.44. The maximum Gasteiger partial charge on any atom is 0.340 e. The number of halogens is 7. The van der Waals surface area contributed by atoms with Gasteiger partial charge in [-0.25, -0.2) is 9.07 Å². The van der Waals surface area contributed by atoms with E-state index in [9.17, 15) is 48.1 Å². The van der Waals surface area contributed by atoms with Crippen molar-refractivity contribution in [1.82, 2.24) is 19.7 Å². The largest absolute Gasteiger partial charge is 0.387 e. The summed E-state index contributed by atoms with van der Waals surface area (Å²) in [4.78, 5) is 32.9. The molecule has 3 aromatic rings. The maximum absolute atomic E-state index is 14.5. The standard InChI is InChI=1S/C19H22ClF6N5O9P2S/c1-8(10-3-2-9(4-12(10)21)43(22,23,24,25)26)28-16-11-5-27-31(17(11)30-19(20)29-16)18-15(33)14(32)13(40-18)6-39-42(37,38)7-41(34,35)36/h2-5,8,13-15,18,32-33H,6-7H2,1H3,(H,37,38)(H,28,29,30)(H2,34,35,36)/t8-,13-,14-,15-,18-/m1/s1. The normalized spacial score (nSPS) is 25.2. The molecule has 0 spiro atoms. The molecule has 1 aliphatic heterocycles. The first-order valence-electron chi connectivity index (χ1n) is 11.6. The number of nitrogens with zero attached hydrogens (tertiary/aromatic N) is 4. The van der Waals surface area contributed by atoms with E-state index < -0.39 is 90.1 Å². The second-order valence-corrected chi connectivity index (χ2v) is 16.2. The molecule has 2 aromatic heterocycles. The molecule has 43 heavy (non-hydrogen) atoms. The van der Waals surface area contributed by atoms with E-state index in [4.69, 9.17) is 26.1 Å². The van der Waals surface area contributed by atoms with Crippen molar-refractivity contribution in [3.8, 4) is 0 Å². The third kappa shape index (κ3) is 7.80. The van der Waals surface area contributed by atoms with Gasteiger partial charge in [-0.3, -0.25) is 9.13 Å². The van der Waals surface area contributed by atoms with Crippen LogP contribution in [0.4, 0.5) is 29.6 Å². The number of rotatable bonds is 10. The van der Waals surface area contributed by atoms with Crippen molar-refractivity contribution < 1.29 is 67.1 Å². The Balaban J connectivity index is 1.57. The second kappa shape index (κ2) is 10.5. The van der Waals surface area contributed by atoms with Crippen LogP contribution in [0.3, 0.4) is 0 Å². The molecule has 1 aliphatic rings. The molecule has 0 aliphatic carbocycles. The van der Waals surface area contributed by atoms with Crippen molar-refractivity contribution >= 4 is 53.9 Å². The van der Waals surface area contributed by atoms with E-state index in [2.05, 4.69) is 24.9 Å². The van der Waals surface area contributed by atoms with E-state index in [0.29, 0.717) is 6.07 Å². The molecular formula is C19H22ClF6N5O9P2S. The molecule has 242 valence electrons. The van der Waals surface area contributed by atoms with Gasteiger partial charge in [-0.15, -0.1) is 0 Å². The van der Waals surface area contributed by atoms with Crippen LogP contribution in [0.1, 0.15) is 24.8 Å². The predicted octanol–water partition coefficient (Wildman–Crippen LogP) is 4.41. The van der Waals surface area contributed by atoms with Gasteiger partial charge in [-0.2, -0.15) is 15.1 Å². The third-order valence-electron chi connectivity index (χ3n) is 6.05. The average molecular weight is 708 g/mol. The van der Waals surface area contributed by atoms with Gasteiger partial charge in [0.2, 0.25) is 5.28 Å². The summed E-state index contributed by atoms with van der Waals surface area (Å²) in [7, 11) is -19.9. The fraction of sp³-hybridized carbons (Fsp3) is 0.421. The molecule has 24 heteroatoms. The first-order chi connectivity index (χ1) is 19.3. The van der Waals surface area contributed by atoms with Crippen LogP contribution in [0.15, 0.2) is 29.3 Å². The molecule has 1 aromatic carbocycles. The Labute approximate surface area is 242 Å². The number of aliphatic hydroxyl groups excluding tert-OH is 2. The Kier molecular flexibility index (Phi) is 8.28. The van der Waals surface area contributed by atoms with Gasteiger partial charge in [0, 0.05) is 5.56 Å². The highest BCUT2D eigenvalue weighted by molar-refractivity contribution is 8.45. The molecule has 6 N–H and O–H groups in total. The van der Waals surface area contributed by atoms with E-state index in [1.54, 1.807) is 0 Å². The highest BCUT2D eigenvalue weighted by atomic mass is 35.5. The highest BCUT2D eigenvalue weighted by Gasteiger charge is 2.65. The third-order valence-corrected chi connectivity index (χ3v) is 10.8. The fourth-order valence-corrected chi connectivity index (χ4v) is 7.49. The molecule has 0 amide bonds. The van der Waals surface area contributed by atoms with Crippen LogP contribution < -0.4 is 5.32 Å². The lowest BCUT2D eigenvalue weighted by Crippen LogP contribution is -2.33. The Morgan fingerprint density at radius 2 is 1.79 bits per heavy atom. The first-order valence-corrected chi connectivity index (χ1v) is 17.5. The first kappa shape index (κ1) is 33.9. The number of nitrogens with one attached hydrogen (secondary N) is 1. The van der Waals surface area contributed by atoms with Crippen LogP contribution in [-0.4, -0.2) is 75.5 Å². The summed E-state index contributed by atoms with van der Waals surface area (Å²) in [5, 5.41) is 27.2. The van der Waals surface area contributed by atoms with Crippen LogP contribution in [0.25, 0.3) is 11.0 Å². The molecule has 1 unspecified atom stereocenters. The average Bonchev–Trinajstić information content (AvgIpc) is 3.35.